The highest BCUT2D eigenvalue weighted by Crippen LogP contribution is 2.26. The first-order valence-electron chi connectivity index (χ1n) is 6.42. The van der Waals surface area contributed by atoms with E-state index in [1.165, 1.54) is 22.3 Å². The number of nitrogens with one attached hydrogen (secondary N) is 1. The molecule has 0 unspecified atom stereocenters. The molecule has 0 atom stereocenters. The molecule has 0 aliphatic rings. The second-order valence-corrected chi connectivity index (χ2v) is 4.78. The van der Waals surface area contributed by atoms with Gasteiger partial charge in [0.25, 0.3) is 0 Å². The second kappa shape index (κ2) is 5.36. The minimum absolute atomic E-state index is 0.868. The van der Waals surface area contributed by atoms with E-state index in [-0.39, 0.29) is 0 Å². The topological polar surface area (TPSA) is 29.9 Å². The average molecular weight is 243 g/mol. The lowest BCUT2D eigenvalue weighted by atomic mass is 10.0. The first-order valence-corrected chi connectivity index (χ1v) is 6.42. The van der Waals surface area contributed by atoms with E-state index in [1.54, 1.807) is 0 Å². The monoisotopic (exact) mass is 243 g/mol. The Morgan fingerprint density at radius 2 is 2.06 bits per heavy atom. The Bertz CT molecular complexity index is 541. The average Bonchev–Trinajstić information content (AvgIpc) is 2.71. The Morgan fingerprint density at radius 3 is 2.78 bits per heavy atom. The summed E-state index contributed by atoms with van der Waals surface area (Å²) >= 11 is 0. The van der Waals surface area contributed by atoms with Gasteiger partial charge in [0.2, 0.25) is 0 Å². The molecule has 0 amide bonds. The summed E-state index contributed by atoms with van der Waals surface area (Å²) in [4.78, 5) is 0. The molecule has 1 aromatic carbocycles. The number of hydrogen-bond acceptors (Lipinski definition) is 2. The molecular weight excluding hydrogens is 222 g/mol. The summed E-state index contributed by atoms with van der Waals surface area (Å²) in [6.45, 7) is 8.22. The highest BCUT2D eigenvalue weighted by molar-refractivity contribution is 5.67. The SMILES string of the molecule is CCNCc1cn(C)nc1-c1cc(C)ccc1C. The van der Waals surface area contributed by atoms with Crippen molar-refractivity contribution < 1.29 is 0 Å². The molecule has 96 valence electrons. The van der Waals surface area contributed by atoms with Crippen molar-refractivity contribution in [1.82, 2.24) is 15.1 Å². The van der Waals surface area contributed by atoms with Crippen molar-refractivity contribution in [2.75, 3.05) is 6.54 Å². The first kappa shape index (κ1) is 12.8. The summed E-state index contributed by atoms with van der Waals surface area (Å²) in [5, 5.41) is 7.98. The van der Waals surface area contributed by atoms with Crippen LogP contribution >= 0.6 is 0 Å². The predicted octanol–water partition coefficient (Wildman–Crippen LogP) is 2.81. The van der Waals surface area contributed by atoms with Gasteiger partial charge in [0, 0.05) is 30.9 Å². The lowest BCUT2D eigenvalue weighted by Crippen LogP contribution is -2.11. The molecule has 3 heteroatoms. The minimum atomic E-state index is 0.868. The lowest BCUT2D eigenvalue weighted by molar-refractivity contribution is 0.724. The molecular formula is C15H21N3. The summed E-state index contributed by atoms with van der Waals surface area (Å²) in [6.07, 6.45) is 2.10. The molecule has 0 saturated carbocycles. The van der Waals surface area contributed by atoms with E-state index in [0.717, 1.165) is 18.8 Å². The van der Waals surface area contributed by atoms with Crippen LogP contribution in [0.3, 0.4) is 0 Å². The van der Waals surface area contributed by atoms with E-state index in [2.05, 4.69) is 55.6 Å². The summed E-state index contributed by atoms with van der Waals surface area (Å²) < 4.78 is 1.89. The second-order valence-electron chi connectivity index (χ2n) is 4.78. The Kier molecular flexibility index (Phi) is 3.82. The van der Waals surface area contributed by atoms with E-state index < -0.39 is 0 Å². The maximum Gasteiger partial charge on any atom is 0.0970 e. The van der Waals surface area contributed by atoms with Crippen LogP contribution in [0, 0.1) is 13.8 Å². The van der Waals surface area contributed by atoms with Crippen molar-refractivity contribution in [3.8, 4) is 11.3 Å². The number of rotatable bonds is 4. The van der Waals surface area contributed by atoms with Gasteiger partial charge in [-0.25, -0.2) is 0 Å². The van der Waals surface area contributed by atoms with Crippen molar-refractivity contribution >= 4 is 0 Å². The van der Waals surface area contributed by atoms with Gasteiger partial charge in [0.05, 0.1) is 5.69 Å². The molecule has 0 radical (unpaired) electrons. The van der Waals surface area contributed by atoms with Crippen LogP contribution in [0.25, 0.3) is 11.3 Å². The van der Waals surface area contributed by atoms with Crippen molar-refractivity contribution in [2.45, 2.75) is 27.3 Å². The van der Waals surface area contributed by atoms with Gasteiger partial charge >= 0.3 is 0 Å². The molecule has 3 nitrogen and oxygen atoms in total. The molecule has 0 spiro atoms. The molecule has 0 aliphatic carbocycles. The third kappa shape index (κ3) is 2.62. The number of aromatic nitrogens is 2. The highest BCUT2D eigenvalue weighted by Gasteiger charge is 2.11. The van der Waals surface area contributed by atoms with Gasteiger partial charge in [-0.15, -0.1) is 0 Å². The van der Waals surface area contributed by atoms with Crippen LogP contribution in [0.5, 0.6) is 0 Å². The summed E-state index contributed by atoms with van der Waals surface area (Å²) in [5.74, 6) is 0. The van der Waals surface area contributed by atoms with Gasteiger partial charge < -0.3 is 5.32 Å². The normalized spacial score (nSPS) is 10.9. The standard InChI is InChI=1S/C15H21N3/c1-5-16-9-13-10-18(4)17-15(13)14-8-11(2)6-7-12(14)3/h6-8,10,16H,5,9H2,1-4H3. The Labute approximate surface area is 109 Å². The van der Waals surface area contributed by atoms with Crippen LogP contribution in [0.15, 0.2) is 24.4 Å². The molecule has 0 bridgehead atoms. The third-order valence-electron chi connectivity index (χ3n) is 3.12. The van der Waals surface area contributed by atoms with Crippen LogP contribution < -0.4 is 5.32 Å². The molecule has 1 N–H and O–H groups in total. The van der Waals surface area contributed by atoms with E-state index >= 15 is 0 Å². The fourth-order valence-electron chi connectivity index (χ4n) is 2.14. The molecule has 0 aliphatic heterocycles. The maximum absolute atomic E-state index is 4.61. The van der Waals surface area contributed by atoms with Gasteiger partial charge in [-0.3, -0.25) is 4.68 Å². The van der Waals surface area contributed by atoms with E-state index in [9.17, 15) is 0 Å². The van der Waals surface area contributed by atoms with Crippen LogP contribution in [-0.4, -0.2) is 16.3 Å². The predicted molar refractivity (Wildman–Crippen MR) is 75.5 cm³/mol. The first-order chi connectivity index (χ1) is 8.61. The quantitative estimate of drug-likeness (QED) is 0.895. The number of aryl methyl sites for hydroxylation is 3. The van der Waals surface area contributed by atoms with Gasteiger partial charge in [-0.05, 0) is 32.0 Å². The van der Waals surface area contributed by atoms with Crippen LogP contribution in [0.1, 0.15) is 23.6 Å². The summed E-state index contributed by atoms with van der Waals surface area (Å²) in [6, 6.07) is 6.52. The summed E-state index contributed by atoms with van der Waals surface area (Å²) in [7, 11) is 1.98. The minimum Gasteiger partial charge on any atom is -0.313 e. The zero-order chi connectivity index (χ0) is 13.1. The zero-order valence-electron chi connectivity index (χ0n) is 11.6. The van der Waals surface area contributed by atoms with Gasteiger partial charge in [0.1, 0.15) is 0 Å². The molecule has 1 heterocycles. The van der Waals surface area contributed by atoms with E-state index in [4.69, 9.17) is 0 Å². The molecule has 0 saturated heterocycles. The van der Waals surface area contributed by atoms with Gasteiger partial charge in [0.15, 0.2) is 0 Å². The van der Waals surface area contributed by atoms with E-state index in [0.29, 0.717) is 0 Å². The Morgan fingerprint density at radius 1 is 1.28 bits per heavy atom. The third-order valence-corrected chi connectivity index (χ3v) is 3.12. The number of hydrogen-bond donors (Lipinski definition) is 1. The largest absolute Gasteiger partial charge is 0.313 e. The molecule has 2 rings (SSSR count). The Hall–Kier alpha value is -1.61. The Balaban J connectivity index is 2.45. The van der Waals surface area contributed by atoms with Crippen molar-refractivity contribution in [1.29, 1.82) is 0 Å². The summed E-state index contributed by atoms with van der Waals surface area (Å²) in [5.41, 5.74) is 6.14. The molecule has 2 aromatic rings. The molecule has 1 aromatic heterocycles. The fraction of sp³-hybridized carbons (Fsp3) is 0.400. The lowest BCUT2D eigenvalue weighted by Gasteiger charge is -2.07. The fourth-order valence-corrected chi connectivity index (χ4v) is 2.14. The van der Waals surface area contributed by atoms with Crippen LogP contribution in [0.2, 0.25) is 0 Å². The van der Waals surface area contributed by atoms with Crippen molar-refractivity contribution in [3.63, 3.8) is 0 Å². The van der Waals surface area contributed by atoms with Crippen LogP contribution in [-0.2, 0) is 13.6 Å². The zero-order valence-corrected chi connectivity index (χ0v) is 11.6. The van der Waals surface area contributed by atoms with Gasteiger partial charge in [-0.2, -0.15) is 5.10 Å². The van der Waals surface area contributed by atoms with Crippen molar-refractivity contribution in [2.24, 2.45) is 7.05 Å². The molecule has 18 heavy (non-hydrogen) atoms. The number of benzene rings is 1. The molecule has 0 fully saturated rings. The van der Waals surface area contributed by atoms with Gasteiger partial charge in [-0.1, -0.05) is 24.6 Å². The van der Waals surface area contributed by atoms with E-state index in [1.807, 2.05) is 11.7 Å². The number of nitrogens with zero attached hydrogens (tertiary/aromatic N) is 2. The highest BCUT2D eigenvalue weighted by atomic mass is 15.3. The smallest absolute Gasteiger partial charge is 0.0970 e. The maximum atomic E-state index is 4.61. The van der Waals surface area contributed by atoms with Crippen LogP contribution in [0.4, 0.5) is 0 Å². The van der Waals surface area contributed by atoms with Crippen molar-refractivity contribution in [3.05, 3.63) is 41.1 Å².